The van der Waals surface area contributed by atoms with E-state index in [-0.39, 0.29) is 11.5 Å². The van der Waals surface area contributed by atoms with Crippen molar-refractivity contribution in [3.63, 3.8) is 0 Å². The summed E-state index contributed by atoms with van der Waals surface area (Å²) in [5, 5.41) is 0.813. The molecule has 0 radical (unpaired) electrons. The van der Waals surface area contributed by atoms with Crippen LogP contribution < -0.4 is 10.3 Å². The van der Waals surface area contributed by atoms with E-state index in [4.69, 9.17) is 4.74 Å². The molecule has 0 bridgehead atoms. The van der Waals surface area contributed by atoms with Crippen molar-refractivity contribution in [2.75, 3.05) is 20.2 Å². The highest BCUT2D eigenvalue weighted by atomic mass is 16.5. The molecular formula is C22H23N3O3. The van der Waals surface area contributed by atoms with Crippen molar-refractivity contribution >= 4 is 16.8 Å². The highest BCUT2D eigenvalue weighted by Crippen LogP contribution is 2.35. The summed E-state index contributed by atoms with van der Waals surface area (Å²) in [5.74, 6) is 0.696. The molecular weight excluding hydrogens is 354 g/mol. The summed E-state index contributed by atoms with van der Waals surface area (Å²) in [7, 11) is 1.61. The molecule has 6 heteroatoms. The average Bonchev–Trinajstić information content (AvgIpc) is 3.16. The SMILES string of the molecule is C/C=C/Cn1cc(-c2cc(C(=O)N3CCC3)ccc2OC)c2cc[nH]c2c1=O. The van der Waals surface area contributed by atoms with Gasteiger partial charge in [0.1, 0.15) is 11.3 Å². The molecule has 3 heterocycles. The van der Waals surface area contributed by atoms with Crippen molar-refractivity contribution in [1.29, 1.82) is 0 Å². The first kappa shape index (κ1) is 18.1. The van der Waals surface area contributed by atoms with Gasteiger partial charge >= 0.3 is 0 Å². The number of ether oxygens (including phenoxy) is 1. The van der Waals surface area contributed by atoms with Crippen LogP contribution in [0.3, 0.4) is 0 Å². The van der Waals surface area contributed by atoms with E-state index >= 15 is 0 Å². The van der Waals surface area contributed by atoms with E-state index in [0.29, 0.717) is 23.4 Å². The third-order valence-electron chi connectivity index (χ3n) is 5.21. The van der Waals surface area contributed by atoms with Crippen LogP contribution >= 0.6 is 0 Å². The Morgan fingerprint density at radius 3 is 2.75 bits per heavy atom. The third-order valence-corrected chi connectivity index (χ3v) is 5.21. The van der Waals surface area contributed by atoms with Gasteiger partial charge in [-0.05, 0) is 37.6 Å². The number of fused-ring (bicyclic) bond motifs is 1. The van der Waals surface area contributed by atoms with Gasteiger partial charge in [0.05, 0.1) is 7.11 Å². The van der Waals surface area contributed by atoms with Gasteiger partial charge in [0.15, 0.2) is 0 Å². The van der Waals surface area contributed by atoms with Crippen LogP contribution in [0, 0.1) is 0 Å². The van der Waals surface area contributed by atoms with Crippen LogP contribution in [0.2, 0.25) is 0 Å². The van der Waals surface area contributed by atoms with E-state index in [2.05, 4.69) is 4.98 Å². The van der Waals surface area contributed by atoms with Gasteiger partial charge in [0.25, 0.3) is 11.5 Å². The number of carbonyl (C=O) groups excluding carboxylic acids is 1. The molecule has 1 fully saturated rings. The lowest BCUT2D eigenvalue weighted by molar-refractivity contribution is 0.0652. The number of aromatic amines is 1. The molecule has 3 aromatic rings. The number of carbonyl (C=O) groups is 1. The van der Waals surface area contributed by atoms with E-state index in [9.17, 15) is 9.59 Å². The molecule has 0 unspecified atom stereocenters. The quantitative estimate of drug-likeness (QED) is 0.693. The lowest BCUT2D eigenvalue weighted by atomic mass is 9.99. The fraction of sp³-hybridized carbons (Fsp3) is 0.273. The number of aromatic nitrogens is 2. The smallest absolute Gasteiger partial charge is 0.275 e. The van der Waals surface area contributed by atoms with Gasteiger partial charge in [-0.3, -0.25) is 9.59 Å². The molecule has 6 nitrogen and oxygen atoms in total. The van der Waals surface area contributed by atoms with Crippen LogP contribution in [-0.4, -0.2) is 40.6 Å². The molecule has 1 aliphatic heterocycles. The highest BCUT2D eigenvalue weighted by Gasteiger charge is 2.23. The number of amides is 1. The standard InChI is InChI=1S/C22H23N3O3/c1-3-4-10-25-14-18(16-8-9-23-20(16)22(25)27)17-13-15(6-7-19(17)28-2)21(26)24-11-5-12-24/h3-4,6-9,13-14,23H,5,10-12H2,1-2H3/b4-3+. The average molecular weight is 377 g/mol. The minimum atomic E-state index is -0.0753. The summed E-state index contributed by atoms with van der Waals surface area (Å²) in [6.45, 7) is 4.01. The molecule has 1 amide bonds. The van der Waals surface area contributed by atoms with E-state index < -0.39 is 0 Å². The van der Waals surface area contributed by atoms with E-state index in [1.807, 2.05) is 48.4 Å². The molecule has 1 saturated heterocycles. The van der Waals surface area contributed by atoms with Crippen LogP contribution in [0.1, 0.15) is 23.7 Å². The number of nitrogens with zero attached hydrogens (tertiary/aromatic N) is 2. The Morgan fingerprint density at radius 1 is 1.25 bits per heavy atom. The fourth-order valence-corrected chi connectivity index (χ4v) is 3.52. The Labute approximate surface area is 163 Å². The monoisotopic (exact) mass is 377 g/mol. The first-order valence-electron chi connectivity index (χ1n) is 9.43. The minimum Gasteiger partial charge on any atom is -0.496 e. The molecule has 28 heavy (non-hydrogen) atoms. The molecule has 144 valence electrons. The molecule has 0 spiro atoms. The number of allylic oxidation sites excluding steroid dienone is 2. The number of hydrogen-bond acceptors (Lipinski definition) is 3. The van der Waals surface area contributed by atoms with E-state index in [1.165, 1.54) is 0 Å². The van der Waals surface area contributed by atoms with Crippen molar-refractivity contribution < 1.29 is 9.53 Å². The number of likely N-dealkylation sites (tertiary alicyclic amines) is 1. The molecule has 0 atom stereocenters. The van der Waals surface area contributed by atoms with Gasteiger partial charge in [-0.1, -0.05) is 12.2 Å². The zero-order valence-corrected chi connectivity index (χ0v) is 16.1. The third kappa shape index (κ3) is 3.01. The van der Waals surface area contributed by atoms with Crippen LogP contribution in [-0.2, 0) is 6.54 Å². The maximum atomic E-state index is 12.8. The van der Waals surface area contributed by atoms with Gasteiger partial charge in [0.2, 0.25) is 0 Å². The molecule has 1 aliphatic rings. The zero-order valence-electron chi connectivity index (χ0n) is 16.1. The van der Waals surface area contributed by atoms with Gasteiger partial charge in [0, 0.05) is 54.1 Å². The van der Waals surface area contributed by atoms with Crippen LogP contribution in [0.5, 0.6) is 5.75 Å². The molecule has 1 N–H and O–H groups in total. The molecule has 2 aromatic heterocycles. The van der Waals surface area contributed by atoms with Gasteiger partial charge in [-0.25, -0.2) is 0 Å². The summed E-state index contributed by atoms with van der Waals surface area (Å²) in [4.78, 5) is 30.3. The van der Waals surface area contributed by atoms with Crippen molar-refractivity contribution in [2.24, 2.45) is 0 Å². The van der Waals surface area contributed by atoms with E-state index in [1.54, 1.807) is 23.9 Å². The van der Waals surface area contributed by atoms with Crippen molar-refractivity contribution in [3.8, 4) is 16.9 Å². The second-order valence-corrected chi connectivity index (χ2v) is 6.90. The maximum absolute atomic E-state index is 12.8. The number of methoxy groups -OCH3 is 1. The fourth-order valence-electron chi connectivity index (χ4n) is 3.52. The zero-order chi connectivity index (χ0) is 19.7. The predicted molar refractivity (Wildman–Crippen MR) is 110 cm³/mol. The Kier molecular flexibility index (Phi) is 4.77. The number of benzene rings is 1. The predicted octanol–water partition coefficient (Wildman–Crippen LogP) is 3.43. The van der Waals surface area contributed by atoms with Gasteiger partial charge in [-0.15, -0.1) is 0 Å². The topological polar surface area (TPSA) is 67.3 Å². The molecule has 0 aliphatic carbocycles. The van der Waals surface area contributed by atoms with Crippen molar-refractivity contribution in [2.45, 2.75) is 19.9 Å². The second kappa shape index (κ2) is 7.38. The number of rotatable bonds is 5. The maximum Gasteiger partial charge on any atom is 0.275 e. The Hall–Kier alpha value is -3.28. The van der Waals surface area contributed by atoms with Crippen LogP contribution in [0.15, 0.2) is 53.6 Å². The summed E-state index contributed by atoms with van der Waals surface area (Å²) in [6.07, 6.45) is 8.50. The highest BCUT2D eigenvalue weighted by molar-refractivity contribution is 6.00. The van der Waals surface area contributed by atoms with Crippen molar-refractivity contribution in [3.05, 3.63) is 64.7 Å². The number of pyridine rings is 1. The van der Waals surface area contributed by atoms with Crippen LogP contribution in [0.4, 0.5) is 0 Å². The number of nitrogens with one attached hydrogen (secondary N) is 1. The molecule has 1 aromatic carbocycles. The second-order valence-electron chi connectivity index (χ2n) is 6.90. The molecule has 4 rings (SSSR count). The lowest BCUT2D eigenvalue weighted by Gasteiger charge is -2.31. The lowest BCUT2D eigenvalue weighted by Crippen LogP contribution is -2.42. The van der Waals surface area contributed by atoms with Gasteiger partial charge < -0.3 is 19.2 Å². The minimum absolute atomic E-state index is 0.0303. The Bertz CT molecular complexity index is 1120. The summed E-state index contributed by atoms with van der Waals surface area (Å²) in [6, 6.07) is 7.37. The normalized spacial score (nSPS) is 13.9. The Balaban J connectivity index is 1.91. The van der Waals surface area contributed by atoms with E-state index in [0.717, 1.165) is 36.0 Å². The van der Waals surface area contributed by atoms with Crippen LogP contribution in [0.25, 0.3) is 22.0 Å². The first-order valence-corrected chi connectivity index (χ1v) is 9.43. The summed E-state index contributed by atoms with van der Waals surface area (Å²) >= 11 is 0. The Morgan fingerprint density at radius 2 is 2.07 bits per heavy atom. The summed E-state index contributed by atoms with van der Waals surface area (Å²) < 4.78 is 7.24. The number of H-pyrrole nitrogens is 1. The number of hydrogen-bond donors (Lipinski definition) is 1. The van der Waals surface area contributed by atoms with Gasteiger partial charge in [-0.2, -0.15) is 0 Å². The summed E-state index contributed by atoms with van der Waals surface area (Å²) in [5.41, 5.74) is 2.76. The first-order chi connectivity index (χ1) is 13.6. The van der Waals surface area contributed by atoms with Crippen molar-refractivity contribution in [1.82, 2.24) is 14.5 Å². The molecule has 0 saturated carbocycles. The largest absolute Gasteiger partial charge is 0.496 e.